The van der Waals surface area contributed by atoms with Crippen LogP contribution in [0.5, 0.6) is 5.75 Å². The highest BCUT2D eigenvalue weighted by atomic mass is 32.2. The second kappa shape index (κ2) is 7.83. The minimum Gasteiger partial charge on any atom is -0.490 e. The number of ether oxygens (including phenoxy) is 1. The standard InChI is InChI=1S/C16H15N3O7S/c1-10(20)17-12-4-6-13(7-5-12)27(24,25)18-16(21)11-3-8-14(19(22)23)15(9-11)26-2/h3-9H,1-2H3,(H,17,20)(H,18,21). The first-order chi connectivity index (χ1) is 12.6. The number of nitrogens with one attached hydrogen (secondary N) is 2. The second-order valence-corrected chi connectivity index (χ2v) is 6.97. The van der Waals surface area contributed by atoms with Gasteiger partial charge in [-0.15, -0.1) is 0 Å². The topological polar surface area (TPSA) is 145 Å². The first kappa shape index (κ1) is 19.8. The lowest BCUT2D eigenvalue weighted by Crippen LogP contribution is -2.30. The van der Waals surface area contributed by atoms with Gasteiger partial charge in [0.05, 0.1) is 16.9 Å². The Morgan fingerprint density at radius 2 is 1.74 bits per heavy atom. The minimum atomic E-state index is -4.19. The van der Waals surface area contributed by atoms with E-state index in [9.17, 15) is 28.1 Å². The Kier molecular flexibility index (Phi) is 5.75. The van der Waals surface area contributed by atoms with E-state index in [1.54, 1.807) is 0 Å². The molecule has 0 atom stereocenters. The number of nitro benzene ring substituents is 1. The van der Waals surface area contributed by atoms with Crippen molar-refractivity contribution in [3.63, 3.8) is 0 Å². The third-order valence-corrected chi connectivity index (χ3v) is 4.70. The average molecular weight is 393 g/mol. The number of benzene rings is 2. The van der Waals surface area contributed by atoms with Gasteiger partial charge in [0.1, 0.15) is 0 Å². The lowest BCUT2D eigenvalue weighted by molar-refractivity contribution is -0.385. The molecule has 142 valence electrons. The van der Waals surface area contributed by atoms with Crippen molar-refractivity contribution in [1.82, 2.24) is 4.72 Å². The van der Waals surface area contributed by atoms with Gasteiger partial charge in [-0.1, -0.05) is 0 Å². The molecule has 2 rings (SSSR count). The third kappa shape index (κ3) is 4.79. The largest absolute Gasteiger partial charge is 0.490 e. The van der Waals surface area contributed by atoms with Gasteiger partial charge in [0.15, 0.2) is 5.75 Å². The van der Waals surface area contributed by atoms with E-state index >= 15 is 0 Å². The van der Waals surface area contributed by atoms with Gasteiger partial charge in [-0.2, -0.15) is 0 Å². The fraction of sp³-hybridized carbons (Fsp3) is 0.125. The number of sulfonamides is 1. The summed E-state index contributed by atoms with van der Waals surface area (Å²) >= 11 is 0. The molecule has 0 aromatic heterocycles. The van der Waals surface area contributed by atoms with Crippen LogP contribution in [0.2, 0.25) is 0 Å². The molecule has 2 aromatic carbocycles. The molecule has 0 spiro atoms. The Balaban J connectivity index is 2.23. The number of amides is 2. The number of rotatable bonds is 6. The molecule has 10 nitrogen and oxygen atoms in total. The number of carbonyl (C=O) groups excluding carboxylic acids is 2. The van der Waals surface area contributed by atoms with Crippen molar-refractivity contribution in [2.24, 2.45) is 0 Å². The van der Waals surface area contributed by atoms with Crippen molar-refractivity contribution in [1.29, 1.82) is 0 Å². The highest BCUT2D eigenvalue weighted by molar-refractivity contribution is 7.90. The molecule has 27 heavy (non-hydrogen) atoms. The predicted octanol–water partition coefficient (Wildman–Crippen LogP) is 1.68. The van der Waals surface area contributed by atoms with Crippen molar-refractivity contribution in [3.8, 4) is 5.75 Å². The molecular formula is C16H15N3O7S. The van der Waals surface area contributed by atoms with Crippen LogP contribution in [0.3, 0.4) is 0 Å². The zero-order valence-corrected chi connectivity index (χ0v) is 15.1. The molecule has 0 radical (unpaired) electrons. The number of methoxy groups -OCH3 is 1. The molecule has 0 aliphatic heterocycles. The average Bonchev–Trinajstić information content (AvgIpc) is 2.60. The third-order valence-electron chi connectivity index (χ3n) is 3.35. The Bertz CT molecular complexity index is 1000. The van der Waals surface area contributed by atoms with Gasteiger partial charge < -0.3 is 10.1 Å². The smallest absolute Gasteiger partial charge is 0.310 e. The first-order valence-corrected chi connectivity index (χ1v) is 8.89. The van der Waals surface area contributed by atoms with Gasteiger partial charge >= 0.3 is 5.69 Å². The normalized spacial score (nSPS) is 10.7. The van der Waals surface area contributed by atoms with Crippen LogP contribution in [-0.4, -0.2) is 32.3 Å². The zero-order valence-electron chi connectivity index (χ0n) is 14.3. The first-order valence-electron chi connectivity index (χ1n) is 7.41. The molecule has 2 aromatic rings. The van der Waals surface area contributed by atoms with Gasteiger partial charge in [0.2, 0.25) is 5.91 Å². The number of carbonyl (C=O) groups is 2. The monoisotopic (exact) mass is 393 g/mol. The van der Waals surface area contributed by atoms with Gasteiger partial charge in [-0.3, -0.25) is 19.7 Å². The summed E-state index contributed by atoms with van der Waals surface area (Å²) in [6, 6.07) is 8.41. The lowest BCUT2D eigenvalue weighted by atomic mass is 10.2. The van der Waals surface area contributed by atoms with Crippen LogP contribution >= 0.6 is 0 Å². The summed E-state index contributed by atoms with van der Waals surface area (Å²) in [4.78, 5) is 33.2. The van der Waals surface area contributed by atoms with Gasteiger partial charge in [-0.05, 0) is 30.3 Å². The van der Waals surface area contributed by atoms with E-state index in [2.05, 4.69) is 5.32 Å². The predicted molar refractivity (Wildman–Crippen MR) is 95.0 cm³/mol. The maximum atomic E-state index is 12.3. The maximum Gasteiger partial charge on any atom is 0.310 e. The molecular weight excluding hydrogens is 378 g/mol. The van der Waals surface area contributed by atoms with Crippen LogP contribution in [0.15, 0.2) is 47.4 Å². The van der Waals surface area contributed by atoms with Crippen LogP contribution in [0.4, 0.5) is 11.4 Å². The van der Waals surface area contributed by atoms with E-state index < -0.39 is 20.9 Å². The highest BCUT2D eigenvalue weighted by Gasteiger charge is 2.22. The summed E-state index contributed by atoms with van der Waals surface area (Å²) in [5.74, 6) is -1.47. The van der Waals surface area contributed by atoms with Crippen molar-refractivity contribution in [3.05, 3.63) is 58.1 Å². The molecule has 0 aliphatic carbocycles. The minimum absolute atomic E-state index is 0.129. The number of hydrogen-bond donors (Lipinski definition) is 2. The molecule has 0 fully saturated rings. The van der Waals surface area contributed by atoms with Crippen molar-refractivity contribution in [2.45, 2.75) is 11.8 Å². The fourth-order valence-electron chi connectivity index (χ4n) is 2.13. The van der Waals surface area contributed by atoms with E-state index in [4.69, 9.17) is 4.74 Å². The summed E-state index contributed by atoms with van der Waals surface area (Å²) in [6.45, 7) is 1.31. The molecule has 0 unspecified atom stereocenters. The van der Waals surface area contributed by atoms with E-state index in [-0.39, 0.29) is 27.8 Å². The zero-order chi connectivity index (χ0) is 20.2. The highest BCUT2D eigenvalue weighted by Crippen LogP contribution is 2.27. The van der Waals surface area contributed by atoms with E-state index in [0.29, 0.717) is 5.69 Å². The molecule has 0 aliphatic rings. The van der Waals surface area contributed by atoms with Gasteiger partial charge in [-0.25, -0.2) is 13.1 Å². The van der Waals surface area contributed by atoms with Gasteiger partial charge in [0, 0.05) is 30.3 Å². The lowest BCUT2D eigenvalue weighted by Gasteiger charge is -2.09. The summed E-state index contributed by atoms with van der Waals surface area (Å²) in [6.07, 6.45) is 0. The number of nitro groups is 1. The maximum absolute atomic E-state index is 12.3. The van der Waals surface area contributed by atoms with Crippen LogP contribution < -0.4 is 14.8 Å². The Morgan fingerprint density at radius 3 is 2.26 bits per heavy atom. The molecule has 0 bridgehead atoms. The SMILES string of the molecule is COc1cc(C(=O)NS(=O)(=O)c2ccc(NC(C)=O)cc2)ccc1[N+](=O)[O-]. The molecule has 0 saturated carbocycles. The number of nitrogens with zero attached hydrogens (tertiary/aromatic N) is 1. The van der Waals surface area contributed by atoms with Crippen LogP contribution in [0.1, 0.15) is 17.3 Å². The van der Waals surface area contributed by atoms with E-state index in [1.807, 2.05) is 4.72 Å². The quantitative estimate of drug-likeness (QED) is 0.561. The molecule has 0 heterocycles. The summed E-state index contributed by atoms with van der Waals surface area (Å²) in [5, 5.41) is 13.4. The Hall–Kier alpha value is -3.47. The van der Waals surface area contributed by atoms with E-state index in [1.165, 1.54) is 38.3 Å². The van der Waals surface area contributed by atoms with Gasteiger partial charge in [0.25, 0.3) is 15.9 Å². The van der Waals surface area contributed by atoms with Crippen LogP contribution in [0.25, 0.3) is 0 Å². The molecule has 0 saturated heterocycles. The molecule has 11 heteroatoms. The number of anilines is 1. The molecule has 2 N–H and O–H groups in total. The summed E-state index contributed by atoms with van der Waals surface area (Å²) < 4.78 is 31.4. The summed E-state index contributed by atoms with van der Waals surface area (Å²) in [5.41, 5.74) is -0.0887. The van der Waals surface area contributed by atoms with E-state index in [0.717, 1.165) is 18.2 Å². The summed E-state index contributed by atoms with van der Waals surface area (Å²) in [7, 11) is -2.99. The Labute approximate surface area is 154 Å². The van der Waals surface area contributed by atoms with Crippen molar-refractivity contribution >= 4 is 33.2 Å². The van der Waals surface area contributed by atoms with Crippen LogP contribution in [0, 0.1) is 10.1 Å². The fourth-order valence-corrected chi connectivity index (χ4v) is 3.10. The Morgan fingerprint density at radius 1 is 1.11 bits per heavy atom. The second-order valence-electron chi connectivity index (χ2n) is 5.28. The molecule has 2 amide bonds. The van der Waals surface area contributed by atoms with Crippen molar-refractivity contribution in [2.75, 3.05) is 12.4 Å². The van der Waals surface area contributed by atoms with Crippen LogP contribution in [-0.2, 0) is 14.8 Å². The number of hydrogen-bond acceptors (Lipinski definition) is 7. The van der Waals surface area contributed by atoms with Crippen molar-refractivity contribution < 1.29 is 27.7 Å².